The second-order valence-corrected chi connectivity index (χ2v) is 21.8. The summed E-state index contributed by atoms with van der Waals surface area (Å²) in [6.45, 7) is 2.31. The number of unbranched alkanes of at least 4 members (excludes halogenated alkanes) is 47. The van der Waals surface area contributed by atoms with Crippen molar-refractivity contribution in [1.82, 2.24) is 0 Å². The van der Waals surface area contributed by atoms with Gasteiger partial charge in [-0.15, -0.1) is 0 Å². The number of hydrogen-bond acceptors (Lipinski definition) is 3. The predicted octanol–water partition coefficient (Wildman–Crippen LogP) is 19.6. The molecule has 0 bridgehead atoms. The molecule has 57 heavy (non-hydrogen) atoms. The molecular weight excluding hydrogens is 713 g/mol. The van der Waals surface area contributed by atoms with Crippen molar-refractivity contribution in [2.75, 3.05) is 21.3 Å². The molecule has 0 N–H and O–H groups in total. The SMILES string of the molecule is CCCCCCCCCCCCCCCCCCCCCCCCCCCCCCCCCCCCCCCCCCCCCCCCCC[Si](OC)(OC)OC. The van der Waals surface area contributed by atoms with Crippen LogP contribution in [0.2, 0.25) is 6.04 Å². The zero-order valence-electron chi connectivity index (χ0n) is 40.4. The van der Waals surface area contributed by atoms with E-state index in [0.29, 0.717) is 0 Å². The third-order valence-electron chi connectivity index (χ3n) is 13.3. The number of hydrogen-bond donors (Lipinski definition) is 0. The van der Waals surface area contributed by atoms with E-state index in [2.05, 4.69) is 6.92 Å². The molecule has 0 rings (SSSR count). The molecule has 0 fully saturated rings. The smallest absolute Gasteiger partial charge is 0.377 e. The van der Waals surface area contributed by atoms with Crippen molar-refractivity contribution in [2.45, 2.75) is 321 Å². The van der Waals surface area contributed by atoms with E-state index in [1.54, 1.807) is 21.3 Å². The molecule has 344 valence electrons. The van der Waals surface area contributed by atoms with Gasteiger partial charge in [0.15, 0.2) is 0 Å². The predicted molar refractivity (Wildman–Crippen MR) is 259 cm³/mol. The van der Waals surface area contributed by atoms with E-state index >= 15 is 0 Å². The maximum Gasteiger partial charge on any atom is 0.500 e. The van der Waals surface area contributed by atoms with Crippen LogP contribution < -0.4 is 0 Å². The summed E-state index contributed by atoms with van der Waals surface area (Å²) in [6.07, 6.45) is 70.1. The van der Waals surface area contributed by atoms with E-state index in [1.165, 1.54) is 302 Å². The first-order valence-corrected chi connectivity index (χ1v) is 28.8. The van der Waals surface area contributed by atoms with Crippen molar-refractivity contribution in [2.24, 2.45) is 0 Å². The molecule has 3 nitrogen and oxygen atoms in total. The van der Waals surface area contributed by atoms with Crippen LogP contribution >= 0.6 is 0 Å². The fraction of sp³-hybridized carbons (Fsp3) is 1.00. The summed E-state index contributed by atoms with van der Waals surface area (Å²) in [5, 5.41) is 0. The van der Waals surface area contributed by atoms with Crippen LogP contribution in [0, 0.1) is 0 Å². The monoisotopic (exact) mass is 823 g/mol. The Bertz CT molecular complexity index is 689. The molecule has 0 unspecified atom stereocenters. The fourth-order valence-corrected chi connectivity index (χ4v) is 10.9. The molecule has 0 saturated heterocycles. The Morgan fingerprint density at radius 1 is 0.193 bits per heavy atom. The van der Waals surface area contributed by atoms with Gasteiger partial charge in [0.2, 0.25) is 0 Å². The minimum Gasteiger partial charge on any atom is -0.377 e. The number of rotatable bonds is 52. The Morgan fingerprint density at radius 2 is 0.316 bits per heavy atom. The largest absolute Gasteiger partial charge is 0.500 e. The van der Waals surface area contributed by atoms with Crippen LogP contribution in [-0.4, -0.2) is 30.1 Å². The molecule has 4 heteroatoms. The topological polar surface area (TPSA) is 27.7 Å². The third kappa shape index (κ3) is 45.5. The van der Waals surface area contributed by atoms with Gasteiger partial charge in [-0.1, -0.05) is 309 Å². The van der Waals surface area contributed by atoms with Crippen LogP contribution in [0.5, 0.6) is 0 Å². The van der Waals surface area contributed by atoms with Gasteiger partial charge in [0.1, 0.15) is 0 Å². The molecular formula is C53H110O3Si. The molecule has 0 spiro atoms. The highest BCUT2D eigenvalue weighted by Crippen LogP contribution is 2.20. The maximum atomic E-state index is 5.52. The quantitative estimate of drug-likeness (QED) is 0.0452. The summed E-state index contributed by atoms with van der Waals surface area (Å²) in [4.78, 5) is 0. The van der Waals surface area contributed by atoms with Gasteiger partial charge in [-0.25, -0.2) is 0 Å². The maximum absolute atomic E-state index is 5.52. The van der Waals surface area contributed by atoms with Gasteiger partial charge in [0.05, 0.1) is 0 Å². The first kappa shape index (κ1) is 57.1. The van der Waals surface area contributed by atoms with E-state index in [0.717, 1.165) is 12.5 Å². The van der Waals surface area contributed by atoms with Gasteiger partial charge in [-0.3, -0.25) is 0 Å². The highest BCUT2D eigenvalue weighted by Gasteiger charge is 2.36. The molecule has 0 amide bonds. The summed E-state index contributed by atoms with van der Waals surface area (Å²) >= 11 is 0. The van der Waals surface area contributed by atoms with Crippen LogP contribution in [0.4, 0.5) is 0 Å². The Hall–Kier alpha value is 0.0969. The van der Waals surface area contributed by atoms with Crippen molar-refractivity contribution in [3.05, 3.63) is 0 Å². The second kappa shape index (κ2) is 50.5. The van der Waals surface area contributed by atoms with Crippen molar-refractivity contribution >= 4 is 8.80 Å². The molecule has 0 aliphatic carbocycles. The molecule has 0 aliphatic rings. The second-order valence-electron chi connectivity index (χ2n) is 18.7. The van der Waals surface area contributed by atoms with E-state index in [-0.39, 0.29) is 0 Å². The van der Waals surface area contributed by atoms with Crippen LogP contribution in [0.1, 0.15) is 315 Å². The van der Waals surface area contributed by atoms with Gasteiger partial charge in [-0.05, 0) is 6.42 Å². The van der Waals surface area contributed by atoms with Crippen LogP contribution in [0.3, 0.4) is 0 Å². The average molecular weight is 824 g/mol. The molecule has 0 radical (unpaired) electrons. The standard InChI is InChI=1S/C53H110O3Si/c1-5-6-7-8-9-10-11-12-13-14-15-16-17-18-19-20-21-22-23-24-25-26-27-28-29-30-31-32-33-34-35-36-37-38-39-40-41-42-43-44-45-46-47-48-49-50-51-52-53-57(54-2,55-3)56-4/h5-53H2,1-4H3. The Morgan fingerprint density at radius 3 is 0.439 bits per heavy atom. The van der Waals surface area contributed by atoms with Crippen molar-refractivity contribution in [3.8, 4) is 0 Å². The van der Waals surface area contributed by atoms with Crippen LogP contribution in [0.15, 0.2) is 0 Å². The summed E-state index contributed by atoms with van der Waals surface area (Å²) in [6, 6.07) is 0.941. The van der Waals surface area contributed by atoms with E-state index in [1.807, 2.05) is 0 Å². The van der Waals surface area contributed by atoms with Gasteiger partial charge in [0.25, 0.3) is 0 Å². The van der Waals surface area contributed by atoms with Gasteiger partial charge in [0, 0.05) is 27.4 Å². The molecule has 0 aromatic carbocycles. The molecule has 0 saturated carbocycles. The van der Waals surface area contributed by atoms with Crippen molar-refractivity contribution in [3.63, 3.8) is 0 Å². The van der Waals surface area contributed by atoms with Gasteiger partial charge in [-0.2, -0.15) is 0 Å². The highest BCUT2D eigenvalue weighted by molar-refractivity contribution is 6.60. The minimum atomic E-state index is -2.35. The summed E-state index contributed by atoms with van der Waals surface area (Å²) in [5.41, 5.74) is 0. The third-order valence-corrected chi connectivity index (χ3v) is 16.1. The Labute approximate surface area is 363 Å². The minimum absolute atomic E-state index is 0.941. The molecule has 0 aliphatic heterocycles. The zero-order valence-corrected chi connectivity index (χ0v) is 41.4. The normalized spacial score (nSPS) is 12.0. The van der Waals surface area contributed by atoms with Crippen molar-refractivity contribution in [1.29, 1.82) is 0 Å². The molecule has 0 atom stereocenters. The first-order valence-electron chi connectivity index (χ1n) is 26.9. The summed E-state index contributed by atoms with van der Waals surface area (Å²) < 4.78 is 16.5. The lowest BCUT2D eigenvalue weighted by Crippen LogP contribution is -2.42. The Kier molecular flexibility index (Phi) is 50.5. The van der Waals surface area contributed by atoms with Crippen molar-refractivity contribution < 1.29 is 13.3 Å². The van der Waals surface area contributed by atoms with Gasteiger partial charge < -0.3 is 13.3 Å². The lowest BCUT2D eigenvalue weighted by molar-refractivity contribution is 0.122. The Balaban J connectivity index is 3.10. The molecule has 0 aromatic heterocycles. The van der Waals surface area contributed by atoms with Gasteiger partial charge >= 0.3 is 8.80 Å². The van der Waals surface area contributed by atoms with Crippen LogP contribution in [-0.2, 0) is 13.3 Å². The lowest BCUT2D eigenvalue weighted by Gasteiger charge is -2.24. The van der Waals surface area contributed by atoms with E-state index < -0.39 is 8.80 Å². The lowest BCUT2D eigenvalue weighted by atomic mass is 10.0. The van der Waals surface area contributed by atoms with E-state index in [4.69, 9.17) is 13.3 Å². The van der Waals surface area contributed by atoms with E-state index in [9.17, 15) is 0 Å². The summed E-state index contributed by atoms with van der Waals surface area (Å²) in [5.74, 6) is 0. The highest BCUT2D eigenvalue weighted by atomic mass is 28.4. The molecule has 0 heterocycles. The fourth-order valence-electron chi connectivity index (χ4n) is 9.10. The molecule has 0 aromatic rings. The first-order chi connectivity index (χ1) is 28.2. The van der Waals surface area contributed by atoms with Crippen LogP contribution in [0.25, 0.3) is 0 Å². The summed E-state index contributed by atoms with van der Waals surface area (Å²) in [7, 11) is 2.80. The average Bonchev–Trinajstić information content (AvgIpc) is 3.23. The zero-order chi connectivity index (χ0) is 41.3.